The summed E-state index contributed by atoms with van der Waals surface area (Å²) in [7, 11) is 0. The van der Waals surface area contributed by atoms with Gasteiger partial charge in [0.15, 0.2) is 0 Å². The van der Waals surface area contributed by atoms with Crippen molar-refractivity contribution in [1.82, 2.24) is 0 Å². The van der Waals surface area contributed by atoms with Crippen molar-refractivity contribution in [2.45, 2.75) is 19.8 Å². The number of ether oxygens (including phenoxy) is 1. The SMILES string of the molecule is CCCCOc1ccc(Br)cc1C(=O)Nc1ccc(NC(=O)c2ccccc2)cc1. The quantitative estimate of drug-likeness (QED) is 0.392. The fraction of sp³-hybridized carbons (Fsp3) is 0.167. The summed E-state index contributed by atoms with van der Waals surface area (Å²) in [4.78, 5) is 25.0. The molecule has 0 heterocycles. The molecule has 3 aromatic carbocycles. The minimum absolute atomic E-state index is 0.185. The molecule has 0 aliphatic heterocycles. The lowest BCUT2D eigenvalue weighted by Crippen LogP contribution is -2.14. The summed E-state index contributed by atoms with van der Waals surface area (Å²) in [6.45, 7) is 2.65. The predicted molar refractivity (Wildman–Crippen MR) is 123 cm³/mol. The second-order valence-corrected chi connectivity index (χ2v) is 7.61. The number of hydrogen-bond donors (Lipinski definition) is 2. The second kappa shape index (κ2) is 10.6. The van der Waals surface area contributed by atoms with Crippen molar-refractivity contribution in [3.63, 3.8) is 0 Å². The number of hydrogen-bond acceptors (Lipinski definition) is 3. The molecule has 0 bridgehead atoms. The van der Waals surface area contributed by atoms with Crippen LogP contribution in [0.15, 0.2) is 77.3 Å². The zero-order valence-corrected chi connectivity index (χ0v) is 18.2. The van der Waals surface area contributed by atoms with Gasteiger partial charge in [-0.15, -0.1) is 0 Å². The van der Waals surface area contributed by atoms with Crippen molar-refractivity contribution in [1.29, 1.82) is 0 Å². The van der Waals surface area contributed by atoms with Crippen LogP contribution in [0.25, 0.3) is 0 Å². The Hall–Kier alpha value is -3.12. The van der Waals surface area contributed by atoms with Crippen molar-refractivity contribution < 1.29 is 14.3 Å². The Balaban J connectivity index is 1.66. The average molecular weight is 467 g/mol. The number of anilines is 2. The van der Waals surface area contributed by atoms with Crippen molar-refractivity contribution in [2.75, 3.05) is 17.2 Å². The van der Waals surface area contributed by atoms with Gasteiger partial charge in [-0.05, 0) is 61.0 Å². The first-order chi connectivity index (χ1) is 14.6. The van der Waals surface area contributed by atoms with E-state index in [9.17, 15) is 9.59 Å². The first-order valence-electron chi connectivity index (χ1n) is 9.77. The molecule has 0 saturated heterocycles. The smallest absolute Gasteiger partial charge is 0.259 e. The van der Waals surface area contributed by atoms with Crippen molar-refractivity contribution >= 4 is 39.1 Å². The second-order valence-electron chi connectivity index (χ2n) is 6.69. The number of unbranched alkanes of at least 4 members (excludes halogenated alkanes) is 1. The molecule has 0 radical (unpaired) electrons. The average Bonchev–Trinajstić information content (AvgIpc) is 2.76. The monoisotopic (exact) mass is 466 g/mol. The molecule has 154 valence electrons. The van der Waals surface area contributed by atoms with Crippen LogP contribution in [0.2, 0.25) is 0 Å². The highest BCUT2D eigenvalue weighted by Gasteiger charge is 2.14. The van der Waals surface area contributed by atoms with E-state index in [1.54, 1.807) is 48.5 Å². The number of carbonyl (C=O) groups excluding carboxylic acids is 2. The highest BCUT2D eigenvalue weighted by Crippen LogP contribution is 2.25. The Morgan fingerprint density at radius 2 is 1.50 bits per heavy atom. The number of halogens is 1. The summed E-state index contributed by atoms with van der Waals surface area (Å²) in [6, 6.07) is 21.4. The zero-order chi connectivity index (χ0) is 21.3. The molecule has 0 saturated carbocycles. The Morgan fingerprint density at radius 1 is 0.867 bits per heavy atom. The van der Waals surface area contributed by atoms with E-state index in [2.05, 4.69) is 33.5 Å². The standard InChI is InChI=1S/C24H23BrN2O3/c1-2-3-15-30-22-14-9-18(25)16-21(22)24(29)27-20-12-10-19(11-13-20)26-23(28)17-7-5-4-6-8-17/h4-14,16H,2-3,15H2,1H3,(H,26,28)(H,27,29). The Kier molecular flexibility index (Phi) is 7.63. The molecule has 0 aromatic heterocycles. The molecule has 2 N–H and O–H groups in total. The molecule has 0 spiro atoms. The third-order valence-electron chi connectivity index (χ3n) is 4.38. The minimum Gasteiger partial charge on any atom is -0.493 e. The van der Waals surface area contributed by atoms with Gasteiger partial charge in [0.2, 0.25) is 0 Å². The molecule has 0 aliphatic carbocycles. The fourth-order valence-corrected chi connectivity index (χ4v) is 3.12. The lowest BCUT2D eigenvalue weighted by molar-refractivity contribution is 0.101. The van der Waals surface area contributed by atoms with Gasteiger partial charge in [0.1, 0.15) is 5.75 Å². The molecule has 30 heavy (non-hydrogen) atoms. The van der Waals surface area contributed by atoms with Crippen molar-refractivity contribution in [2.24, 2.45) is 0 Å². The van der Waals surface area contributed by atoms with E-state index in [-0.39, 0.29) is 11.8 Å². The van der Waals surface area contributed by atoms with Gasteiger partial charge in [-0.1, -0.05) is 47.5 Å². The largest absolute Gasteiger partial charge is 0.493 e. The third kappa shape index (κ3) is 5.94. The van der Waals surface area contributed by atoms with E-state index < -0.39 is 0 Å². The first-order valence-corrected chi connectivity index (χ1v) is 10.6. The summed E-state index contributed by atoms with van der Waals surface area (Å²) in [6.07, 6.45) is 1.94. The van der Waals surface area contributed by atoms with Crippen LogP contribution < -0.4 is 15.4 Å². The van der Waals surface area contributed by atoms with Gasteiger partial charge in [0.05, 0.1) is 12.2 Å². The van der Waals surface area contributed by atoms with Crippen LogP contribution >= 0.6 is 15.9 Å². The Bertz CT molecular complexity index is 1000. The van der Waals surface area contributed by atoms with Gasteiger partial charge in [-0.25, -0.2) is 0 Å². The normalized spacial score (nSPS) is 10.3. The van der Waals surface area contributed by atoms with Gasteiger partial charge in [-0.2, -0.15) is 0 Å². The molecular weight excluding hydrogens is 444 g/mol. The maximum Gasteiger partial charge on any atom is 0.259 e. The van der Waals surface area contributed by atoms with E-state index in [4.69, 9.17) is 4.74 Å². The number of carbonyl (C=O) groups is 2. The Labute approximate surface area is 184 Å². The van der Waals surface area contributed by atoms with E-state index in [0.29, 0.717) is 34.9 Å². The van der Waals surface area contributed by atoms with Gasteiger partial charge in [-0.3, -0.25) is 9.59 Å². The summed E-state index contributed by atoms with van der Waals surface area (Å²) in [5.74, 6) is 0.107. The summed E-state index contributed by atoms with van der Waals surface area (Å²) in [5, 5.41) is 5.71. The molecule has 0 atom stereocenters. The number of rotatable bonds is 8. The van der Waals surface area contributed by atoms with Crippen LogP contribution in [0.4, 0.5) is 11.4 Å². The van der Waals surface area contributed by atoms with E-state index in [0.717, 1.165) is 17.3 Å². The number of amides is 2. The van der Waals surface area contributed by atoms with E-state index in [1.165, 1.54) is 0 Å². The molecule has 5 nitrogen and oxygen atoms in total. The maximum atomic E-state index is 12.8. The topological polar surface area (TPSA) is 67.4 Å². The zero-order valence-electron chi connectivity index (χ0n) is 16.7. The fourth-order valence-electron chi connectivity index (χ4n) is 2.76. The lowest BCUT2D eigenvalue weighted by Gasteiger charge is -2.12. The lowest BCUT2D eigenvalue weighted by atomic mass is 10.1. The van der Waals surface area contributed by atoms with Gasteiger partial charge in [0.25, 0.3) is 11.8 Å². The number of nitrogens with one attached hydrogen (secondary N) is 2. The van der Waals surface area contributed by atoms with Gasteiger partial charge in [0, 0.05) is 21.4 Å². The molecule has 6 heteroatoms. The van der Waals surface area contributed by atoms with Crippen LogP contribution in [-0.2, 0) is 0 Å². The highest BCUT2D eigenvalue weighted by molar-refractivity contribution is 9.10. The summed E-state index contributed by atoms with van der Waals surface area (Å²) < 4.78 is 6.57. The molecule has 0 aliphatic rings. The Morgan fingerprint density at radius 3 is 2.13 bits per heavy atom. The molecule has 3 aromatic rings. The predicted octanol–water partition coefficient (Wildman–Crippen LogP) is 6.13. The molecule has 0 fully saturated rings. The molecule has 2 amide bonds. The van der Waals surface area contributed by atoms with Gasteiger partial charge < -0.3 is 15.4 Å². The molecule has 3 rings (SSSR count). The maximum absolute atomic E-state index is 12.8. The molecular formula is C24H23BrN2O3. The van der Waals surface area contributed by atoms with E-state index >= 15 is 0 Å². The van der Waals surface area contributed by atoms with Crippen LogP contribution in [0, 0.1) is 0 Å². The van der Waals surface area contributed by atoms with Crippen molar-refractivity contribution in [3.8, 4) is 5.75 Å². The molecule has 0 unspecified atom stereocenters. The van der Waals surface area contributed by atoms with Crippen LogP contribution in [-0.4, -0.2) is 18.4 Å². The minimum atomic E-state index is -0.260. The third-order valence-corrected chi connectivity index (χ3v) is 4.87. The van der Waals surface area contributed by atoms with Crippen molar-refractivity contribution in [3.05, 3.63) is 88.4 Å². The van der Waals surface area contributed by atoms with Crippen LogP contribution in [0.3, 0.4) is 0 Å². The summed E-state index contributed by atoms with van der Waals surface area (Å²) in [5.41, 5.74) is 2.31. The first kappa shape index (κ1) is 21.6. The van der Waals surface area contributed by atoms with E-state index in [1.807, 2.05) is 24.3 Å². The summed E-state index contributed by atoms with van der Waals surface area (Å²) >= 11 is 3.41. The van der Waals surface area contributed by atoms with Crippen LogP contribution in [0.5, 0.6) is 5.75 Å². The number of benzene rings is 3. The van der Waals surface area contributed by atoms with Crippen LogP contribution in [0.1, 0.15) is 40.5 Å². The van der Waals surface area contributed by atoms with Gasteiger partial charge >= 0.3 is 0 Å². The highest BCUT2D eigenvalue weighted by atomic mass is 79.9.